The molecule has 0 unspecified atom stereocenters. The first-order chi connectivity index (χ1) is 7.63. The Labute approximate surface area is 137 Å². The molecule has 5 nitrogen and oxygen atoms in total. The predicted molar refractivity (Wildman–Crippen MR) is 86.8 cm³/mol. The molecular weight excluding hydrogens is 278 g/mol. The molecule has 0 spiro atoms. The van der Waals surface area contributed by atoms with Gasteiger partial charge < -0.3 is 15.3 Å². The smallest absolute Gasteiger partial charge is 0.310 e. The Hall–Kier alpha value is 0.125. The minimum Gasteiger partial charge on any atom is -0.481 e. The van der Waals surface area contributed by atoms with Crippen LogP contribution in [0, 0.1) is 0 Å². The maximum Gasteiger partial charge on any atom is 0.310 e. The van der Waals surface area contributed by atoms with Crippen LogP contribution in [-0.2, 0) is 9.59 Å². The van der Waals surface area contributed by atoms with Crippen LogP contribution in [0.1, 0.15) is 53.9 Å². The highest BCUT2D eigenvalue weighted by Crippen LogP contribution is 1.92. The SMILES string of the molecule is CC(C)O.CC(C)O.CCCC(=O)CC(=O)O.[AlH3].[AlH3]. The van der Waals surface area contributed by atoms with Gasteiger partial charge in [0.15, 0.2) is 34.7 Å². The van der Waals surface area contributed by atoms with Crippen molar-refractivity contribution in [3.05, 3.63) is 0 Å². The van der Waals surface area contributed by atoms with Crippen molar-refractivity contribution < 1.29 is 24.9 Å². The molecule has 0 aliphatic carbocycles. The Morgan fingerprint density at radius 2 is 1.21 bits per heavy atom. The monoisotopic (exact) mass is 310 g/mol. The summed E-state index contributed by atoms with van der Waals surface area (Å²) in [6, 6.07) is 0. The van der Waals surface area contributed by atoms with E-state index in [9.17, 15) is 9.59 Å². The molecule has 7 heteroatoms. The van der Waals surface area contributed by atoms with E-state index in [1.165, 1.54) is 0 Å². The van der Waals surface area contributed by atoms with Crippen molar-refractivity contribution in [2.24, 2.45) is 0 Å². The van der Waals surface area contributed by atoms with Crippen molar-refractivity contribution in [3.8, 4) is 0 Å². The second-order valence-corrected chi connectivity index (χ2v) is 4.05. The summed E-state index contributed by atoms with van der Waals surface area (Å²) in [4.78, 5) is 20.3. The first-order valence-corrected chi connectivity index (χ1v) is 5.73. The fourth-order valence-electron chi connectivity index (χ4n) is 0.536. The fraction of sp³-hybridized carbons (Fsp3) is 0.833. The van der Waals surface area contributed by atoms with Crippen molar-refractivity contribution in [1.82, 2.24) is 0 Å². The summed E-state index contributed by atoms with van der Waals surface area (Å²) in [5.74, 6) is -1.22. The van der Waals surface area contributed by atoms with E-state index in [-0.39, 0.29) is 59.1 Å². The average Bonchev–Trinajstić information content (AvgIpc) is 1.99. The van der Waals surface area contributed by atoms with Gasteiger partial charge in [0.25, 0.3) is 0 Å². The number of hydrogen-bond donors (Lipinski definition) is 3. The van der Waals surface area contributed by atoms with Crippen LogP contribution in [0.3, 0.4) is 0 Å². The Bertz CT molecular complexity index is 185. The summed E-state index contributed by atoms with van der Waals surface area (Å²) in [5.41, 5.74) is 0. The van der Waals surface area contributed by atoms with Gasteiger partial charge in [0, 0.05) is 18.6 Å². The number of rotatable bonds is 4. The quantitative estimate of drug-likeness (QED) is 0.468. The molecule has 19 heavy (non-hydrogen) atoms. The van der Waals surface area contributed by atoms with Gasteiger partial charge in [-0.05, 0) is 34.1 Å². The Morgan fingerprint density at radius 3 is 1.37 bits per heavy atom. The molecule has 0 radical (unpaired) electrons. The minimum absolute atomic E-state index is 0. The van der Waals surface area contributed by atoms with Crippen molar-refractivity contribution in [1.29, 1.82) is 0 Å². The third-order valence-corrected chi connectivity index (χ3v) is 0.877. The van der Waals surface area contributed by atoms with Crippen LogP contribution in [0.5, 0.6) is 0 Å². The topological polar surface area (TPSA) is 94.8 Å². The molecule has 0 aliphatic rings. The van der Waals surface area contributed by atoms with Crippen molar-refractivity contribution >= 4 is 46.5 Å². The molecule has 0 saturated heterocycles. The van der Waals surface area contributed by atoms with E-state index in [4.69, 9.17) is 15.3 Å². The molecular formula is C12H32Al2O5. The van der Waals surface area contributed by atoms with E-state index in [2.05, 4.69) is 0 Å². The van der Waals surface area contributed by atoms with Gasteiger partial charge in [-0.2, -0.15) is 0 Å². The molecule has 0 amide bonds. The number of carboxylic acid groups (broad SMARTS) is 1. The van der Waals surface area contributed by atoms with Gasteiger partial charge in [-0.15, -0.1) is 0 Å². The average molecular weight is 310 g/mol. The second-order valence-electron chi connectivity index (χ2n) is 4.05. The molecule has 0 aromatic carbocycles. The van der Waals surface area contributed by atoms with Crippen LogP contribution in [-0.4, -0.2) is 74.0 Å². The molecule has 0 aliphatic heterocycles. The number of aliphatic hydroxyl groups excluding tert-OH is 2. The third-order valence-electron chi connectivity index (χ3n) is 0.877. The van der Waals surface area contributed by atoms with Gasteiger partial charge in [-0.1, -0.05) is 6.92 Å². The third kappa shape index (κ3) is 92.8. The predicted octanol–water partition coefficient (Wildman–Crippen LogP) is -0.763. The minimum atomic E-state index is -1.03. The van der Waals surface area contributed by atoms with E-state index >= 15 is 0 Å². The van der Waals surface area contributed by atoms with E-state index in [0.717, 1.165) is 6.42 Å². The van der Waals surface area contributed by atoms with Crippen LogP contribution in [0.25, 0.3) is 0 Å². The lowest BCUT2D eigenvalue weighted by Crippen LogP contribution is -2.05. The van der Waals surface area contributed by atoms with E-state index in [0.29, 0.717) is 6.42 Å². The zero-order valence-electron chi connectivity index (χ0n) is 11.4. The highest BCUT2D eigenvalue weighted by atomic mass is 27.0. The van der Waals surface area contributed by atoms with Crippen molar-refractivity contribution in [2.75, 3.05) is 0 Å². The Balaban J connectivity index is -0.0000000560. The van der Waals surface area contributed by atoms with Crippen LogP contribution in [0.15, 0.2) is 0 Å². The Morgan fingerprint density at radius 1 is 0.947 bits per heavy atom. The van der Waals surface area contributed by atoms with Gasteiger partial charge in [-0.3, -0.25) is 9.59 Å². The van der Waals surface area contributed by atoms with Crippen LogP contribution in [0.4, 0.5) is 0 Å². The molecule has 0 rings (SSSR count). The Kier molecular flexibility index (Phi) is 38.5. The number of aliphatic hydroxyl groups is 2. The standard InChI is InChI=1S/C6H10O3.2C3H8O.2Al.6H/c1-2-3-5(7)4-6(8)9;2*1-3(2)4;;;;;;;;/h2-4H2,1H3,(H,8,9);2*3-4H,1-2H3;;;;;;;;. The van der Waals surface area contributed by atoms with E-state index in [1.807, 2.05) is 6.92 Å². The van der Waals surface area contributed by atoms with Gasteiger partial charge in [0.1, 0.15) is 12.2 Å². The number of carbonyl (C=O) groups excluding carboxylic acids is 1. The number of aliphatic carboxylic acids is 1. The van der Waals surface area contributed by atoms with Crippen molar-refractivity contribution in [3.63, 3.8) is 0 Å². The number of Topliss-reactive ketones (excluding diaryl/α,β-unsaturated/α-hetero) is 1. The molecule has 0 aromatic heterocycles. The second kappa shape index (κ2) is 23.2. The first-order valence-electron chi connectivity index (χ1n) is 5.73. The lowest BCUT2D eigenvalue weighted by Gasteiger charge is -1.90. The van der Waals surface area contributed by atoms with Crippen LogP contribution in [0.2, 0.25) is 0 Å². The van der Waals surface area contributed by atoms with Gasteiger partial charge in [-0.25, -0.2) is 0 Å². The van der Waals surface area contributed by atoms with Crippen molar-refractivity contribution in [2.45, 2.75) is 66.1 Å². The number of hydrogen-bond acceptors (Lipinski definition) is 4. The summed E-state index contributed by atoms with van der Waals surface area (Å²) >= 11 is 0. The van der Waals surface area contributed by atoms with E-state index < -0.39 is 5.97 Å². The van der Waals surface area contributed by atoms with Gasteiger partial charge >= 0.3 is 5.97 Å². The lowest BCUT2D eigenvalue weighted by atomic mass is 10.2. The highest BCUT2D eigenvalue weighted by Gasteiger charge is 2.04. The van der Waals surface area contributed by atoms with E-state index in [1.54, 1.807) is 27.7 Å². The van der Waals surface area contributed by atoms with Crippen LogP contribution < -0.4 is 0 Å². The summed E-state index contributed by atoms with van der Waals surface area (Å²) in [6.45, 7) is 8.74. The van der Waals surface area contributed by atoms with Crippen LogP contribution >= 0.6 is 0 Å². The normalized spacial score (nSPS) is 8.05. The highest BCUT2D eigenvalue weighted by molar-refractivity contribution is 5.94. The molecule has 0 atom stereocenters. The molecule has 0 aromatic rings. The molecule has 0 bridgehead atoms. The zero-order valence-corrected chi connectivity index (χ0v) is 11.4. The summed E-state index contributed by atoms with van der Waals surface area (Å²) in [6.07, 6.45) is 0.451. The molecule has 0 fully saturated rings. The summed E-state index contributed by atoms with van der Waals surface area (Å²) in [5, 5.41) is 24.2. The maximum atomic E-state index is 10.5. The number of carbonyl (C=O) groups is 2. The molecule has 116 valence electrons. The fourth-order valence-corrected chi connectivity index (χ4v) is 0.536. The zero-order chi connectivity index (χ0) is 14.4. The largest absolute Gasteiger partial charge is 0.481 e. The first kappa shape index (κ1) is 31.5. The number of carboxylic acids is 1. The number of ketones is 1. The molecule has 3 N–H and O–H groups in total. The summed E-state index contributed by atoms with van der Waals surface area (Å²) in [7, 11) is 0. The lowest BCUT2D eigenvalue weighted by molar-refractivity contribution is -0.140. The van der Waals surface area contributed by atoms with Gasteiger partial charge in [0.2, 0.25) is 0 Å². The molecule has 0 saturated carbocycles. The molecule has 0 heterocycles. The van der Waals surface area contributed by atoms with Gasteiger partial charge in [0.05, 0.1) is 0 Å². The maximum absolute atomic E-state index is 10.5. The summed E-state index contributed by atoms with van der Waals surface area (Å²) < 4.78 is 0.